The molecule has 0 saturated heterocycles. The SMILES string of the molecule is CCOCC(C)OC(C)CO. The van der Waals surface area contributed by atoms with E-state index in [4.69, 9.17) is 14.6 Å². The van der Waals surface area contributed by atoms with Gasteiger partial charge in [0.25, 0.3) is 0 Å². The van der Waals surface area contributed by atoms with E-state index in [-0.39, 0.29) is 18.8 Å². The van der Waals surface area contributed by atoms with Gasteiger partial charge in [-0.3, -0.25) is 0 Å². The van der Waals surface area contributed by atoms with Crippen LogP contribution in [0.5, 0.6) is 0 Å². The summed E-state index contributed by atoms with van der Waals surface area (Å²) < 4.78 is 10.5. The Kier molecular flexibility index (Phi) is 6.51. The second kappa shape index (κ2) is 6.58. The van der Waals surface area contributed by atoms with E-state index < -0.39 is 0 Å². The molecule has 2 unspecified atom stereocenters. The lowest BCUT2D eigenvalue weighted by Gasteiger charge is -2.16. The third kappa shape index (κ3) is 6.28. The molecular formula is C8H18O3. The molecule has 0 aliphatic heterocycles. The van der Waals surface area contributed by atoms with Crippen molar-refractivity contribution in [3.63, 3.8) is 0 Å². The molecule has 1 N–H and O–H groups in total. The molecule has 0 aliphatic carbocycles. The first kappa shape index (κ1) is 10.9. The molecule has 0 amide bonds. The zero-order valence-electron chi connectivity index (χ0n) is 7.54. The van der Waals surface area contributed by atoms with Gasteiger partial charge in [0.05, 0.1) is 25.4 Å². The largest absolute Gasteiger partial charge is 0.394 e. The molecule has 2 atom stereocenters. The van der Waals surface area contributed by atoms with E-state index in [1.165, 1.54) is 0 Å². The molecule has 0 bridgehead atoms. The Bertz CT molecular complexity index is 85.4. The normalized spacial score (nSPS) is 16.4. The molecule has 0 saturated carbocycles. The van der Waals surface area contributed by atoms with E-state index in [1.54, 1.807) is 0 Å². The number of rotatable bonds is 6. The van der Waals surface area contributed by atoms with Gasteiger partial charge in [0.2, 0.25) is 0 Å². The average Bonchev–Trinajstić information content (AvgIpc) is 2.00. The lowest BCUT2D eigenvalue weighted by Crippen LogP contribution is -2.24. The fourth-order valence-corrected chi connectivity index (χ4v) is 0.763. The second-order valence-electron chi connectivity index (χ2n) is 2.60. The molecule has 0 radical (unpaired) electrons. The highest BCUT2D eigenvalue weighted by atomic mass is 16.5. The maximum absolute atomic E-state index is 8.64. The summed E-state index contributed by atoms with van der Waals surface area (Å²) in [5.74, 6) is 0. The summed E-state index contributed by atoms with van der Waals surface area (Å²) in [4.78, 5) is 0. The van der Waals surface area contributed by atoms with Gasteiger partial charge in [-0.1, -0.05) is 0 Å². The minimum absolute atomic E-state index is 0.0659. The third-order valence-electron chi connectivity index (χ3n) is 1.28. The van der Waals surface area contributed by atoms with Crippen molar-refractivity contribution in [2.45, 2.75) is 33.0 Å². The molecule has 0 fully saturated rings. The minimum atomic E-state index is -0.0922. The Hall–Kier alpha value is -0.120. The first-order valence-electron chi connectivity index (χ1n) is 4.04. The van der Waals surface area contributed by atoms with E-state index in [2.05, 4.69) is 0 Å². The van der Waals surface area contributed by atoms with Gasteiger partial charge in [-0.25, -0.2) is 0 Å². The molecule has 3 nitrogen and oxygen atoms in total. The molecule has 0 aliphatic rings. The Morgan fingerprint density at radius 2 is 1.91 bits per heavy atom. The van der Waals surface area contributed by atoms with Crippen LogP contribution < -0.4 is 0 Å². The van der Waals surface area contributed by atoms with Crippen LogP contribution in [0.25, 0.3) is 0 Å². The molecular weight excluding hydrogens is 144 g/mol. The lowest BCUT2D eigenvalue weighted by molar-refractivity contribution is -0.0566. The van der Waals surface area contributed by atoms with Gasteiger partial charge in [0.1, 0.15) is 0 Å². The molecule has 0 aromatic rings. The summed E-state index contributed by atoms with van der Waals surface area (Å²) in [7, 11) is 0. The lowest BCUT2D eigenvalue weighted by atomic mass is 10.4. The smallest absolute Gasteiger partial charge is 0.0785 e. The van der Waals surface area contributed by atoms with E-state index in [0.29, 0.717) is 13.2 Å². The summed E-state index contributed by atoms with van der Waals surface area (Å²) in [5.41, 5.74) is 0. The maximum atomic E-state index is 8.64. The van der Waals surface area contributed by atoms with Gasteiger partial charge in [-0.2, -0.15) is 0 Å². The predicted molar refractivity (Wildman–Crippen MR) is 43.6 cm³/mol. The summed E-state index contributed by atoms with van der Waals surface area (Å²) in [5, 5.41) is 8.64. The van der Waals surface area contributed by atoms with Crippen molar-refractivity contribution in [1.82, 2.24) is 0 Å². The van der Waals surface area contributed by atoms with Crippen LogP contribution in [-0.4, -0.2) is 37.1 Å². The van der Waals surface area contributed by atoms with Crippen LogP contribution in [-0.2, 0) is 9.47 Å². The highest BCUT2D eigenvalue weighted by Gasteiger charge is 2.06. The monoisotopic (exact) mass is 162 g/mol. The van der Waals surface area contributed by atoms with Crippen LogP contribution in [0.4, 0.5) is 0 Å². The third-order valence-corrected chi connectivity index (χ3v) is 1.28. The predicted octanol–water partition coefficient (Wildman–Crippen LogP) is 0.809. The van der Waals surface area contributed by atoms with Crippen molar-refractivity contribution < 1.29 is 14.6 Å². The van der Waals surface area contributed by atoms with E-state index in [9.17, 15) is 0 Å². The number of hydrogen-bond donors (Lipinski definition) is 1. The standard InChI is InChI=1S/C8H18O3/c1-4-10-6-8(3)11-7(2)5-9/h7-9H,4-6H2,1-3H3. The van der Waals surface area contributed by atoms with Crippen LogP contribution in [0.1, 0.15) is 20.8 Å². The van der Waals surface area contributed by atoms with E-state index >= 15 is 0 Å². The van der Waals surface area contributed by atoms with Crippen molar-refractivity contribution in [1.29, 1.82) is 0 Å². The van der Waals surface area contributed by atoms with Crippen LogP contribution >= 0.6 is 0 Å². The second-order valence-corrected chi connectivity index (χ2v) is 2.60. The first-order valence-corrected chi connectivity index (χ1v) is 4.04. The quantitative estimate of drug-likeness (QED) is 0.628. The van der Waals surface area contributed by atoms with E-state index in [0.717, 1.165) is 0 Å². The summed E-state index contributed by atoms with van der Waals surface area (Å²) in [6.07, 6.45) is -0.0254. The molecule has 0 rings (SSSR count). The molecule has 0 aromatic heterocycles. The summed E-state index contributed by atoms with van der Waals surface area (Å²) >= 11 is 0. The Morgan fingerprint density at radius 1 is 1.27 bits per heavy atom. The van der Waals surface area contributed by atoms with Gasteiger partial charge < -0.3 is 14.6 Å². The first-order chi connectivity index (χ1) is 5.20. The number of aliphatic hydroxyl groups is 1. The number of hydrogen-bond acceptors (Lipinski definition) is 3. The van der Waals surface area contributed by atoms with Gasteiger partial charge in [-0.15, -0.1) is 0 Å². The molecule has 11 heavy (non-hydrogen) atoms. The van der Waals surface area contributed by atoms with Crippen molar-refractivity contribution >= 4 is 0 Å². The van der Waals surface area contributed by atoms with Crippen molar-refractivity contribution in [3.8, 4) is 0 Å². The fraction of sp³-hybridized carbons (Fsp3) is 1.00. The van der Waals surface area contributed by atoms with Gasteiger partial charge in [0, 0.05) is 6.61 Å². The van der Waals surface area contributed by atoms with Crippen molar-refractivity contribution in [3.05, 3.63) is 0 Å². The molecule has 3 heteroatoms. The molecule has 0 spiro atoms. The Morgan fingerprint density at radius 3 is 2.36 bits per heavy atom. The number of ether oxygens (including phenoxy) is 2. The number of aliphatic hydroxyl groups excluding tert-OH is 1. The maximum Gasteiger partial charge on any atom is 0.0785 e. The van der Waals surface area contributed by atoms with Crippen molar-refractivity contribution in [2.75, 3.05) is 19.8 Å². The summed E-state index contributed by atoms with van der Waals surface area (Å²) in [6, 6.07) is 0. The molecule has 0 aromatic carbocycles. The average molecular weight is 162 g/mol. The van der Waals surface area contributed by atoms with Gasteiger partial charge in [-0.05, 0) is 20.8 Å². The van der Waals surface area contributed by atoms with Crippen LogP contribution in [0.3, 0.4) is 0 Å². The summed E-state index contributed by atoms with van der Waals surface area (Å²) in [6.45, 7) is 7.09. The Balaban J connectivity index is 3.27. The molecule has 0 heterocycles. The zero-order valence-corrected chi connectivity index (χ0v) is 7.54. The van der Waals surface area contributed by atoms with Gasteiger partial charge in [0.15, 0.2) is 0 Å². The van der Waals surface area contributed by atoms with E-state index in [1.807, 2.05) is 20.8 Å². The zero-order chi connectivity index (χ0) is 8.69. The topological polar surface area (TPSA) is 38.7 Å². The fourth-order valence-electron chi connectivity index (χ4n) is 0.763. The van der Waals surface area contributed by atoms with Gasteiger partial charge >= 0.3 is 0 Å². The minimum Gasteiger partial charge on any atom is -0.394 e. The van der Waals surface area contributed by atoms with Crippen LogP contribution in [0.15, 0.2) is 0 Å². The highest BCUT2D eigenvalue weighted by molar-refractivity contribution is 4.52. The van der Waals surface area contributed by atoms with Crippen LogP contribution in [0, 0.1) is 0 Å². The molecule has 68 valence electrons. The van der Waals surface area contributed by atoms with Crippen molar-refractivity contribution in [2.24, 2.45) is 0 Å². The highest BCUT2D eigenvalue weighted by Crippen LogP contribution is 1.97. The van der Waals surface area contributed by atoms with Crippen LogP contribution in [0.2, 0.25) is 0 Å². The Labute approximate surface area is 68.3 Å².